The minimum Gasteiger partial charge on any atom is -0.492 e. The van der Waals surface area contributed by atoms with Crippen molar-refractivity contribution < 1.29 is 33.4 Å². The molecule has 1 aliphatic rings. The minimum absolute atomic E-state index is 0.00530. The number of hydrogen-bond acceptors (Lipinski definition) is 12. The summed E-state index contributed by atoms with van der Waals surface area (Å²) in [5, 5.41) is 20.0. The van der Waals surface area contributed by atoms with Gasteiger partial charge in [0, 0.05) is 43.2 Å². The molecule has 10 N–H and O–H groups in total. The van der Waals surface area contributed by atoms with E-state index < -0.39 is 53.7 Å². The highest BCUT2D eigenvalue weighted by Crippen LogP contribution is 2.40. The number of amides is 5. The quantitative estimate of drug-likeness (QED) is 0.0850. The van der Waals surface area contributed by atoms with Crippen molar-refractivity contribution in [3.63, 3.8) is 0 Å². The van der Waals surface area contributed by atoms with Crippen LogP contribution in [-0.4, -0.2) is 104 Å². The number of aryl methyl sites for hydroxylation is 2. The van der Waals surface area contributed by atoms with Crippen molar-refractivity contribution in [1.82, 2.24) is 31.2 Å². The lowest BCUT2D eigenvalue weighted by molar-refractivity contribution is -0.141. The van der Waals surface area contributed by atoms with Crippen molar-refractivity contribution in [2.24, 2.45) is 17.2 Å². The van der Waals surface area contributed by atoms with E-state index in [1.165, 1.54) is 24.4 Å². The Kier molecular flexibility index (Phi) is 17.0. The number of nitrogens with one attached hydrogen (secondary N) is 4. The molecule has 4 aromatic rings. The van der Waals surface area contributed by atoms with Crippen molar-refractivity contribution >= 4 is 29.5 Å². The second-order valence-corrected chi connectivity index (χ2v) is 17.3. The summed E-state index contributed by atoms with van der Waals surface area (Å²) in [5.41, 5.74) is 23.8. The predicted molar refractivity (Wildman–Crippen MR) is 251 cm³/mol. The third-order valence-corrected chi connectivity index (χ3v) is 11.3. The Labute approximate surface area is 386 Å². The van der Waals surface area contributed by atoms with Crippen LogP contribution >= 0.6 is 0 Å². The molecule has 0 aliphatic carbocycles. The van der Waals surface area contributed by atoms with Crippen molar-refractivity contribution in [3.05, 3.63) is 100 Å². The monoisotopic (exact) mass is 902 g/mol. The molecule has 0 fully saturated rings. The van der Waals surface area contributed by atoms with Gasteiger partial charge >= 0.3 is 0 Å². The van der Waals surface area contributed by atoms with Gasteiger partial charge in [0.25, 0.3) is 5.91 Å². The van der Waals surface area contributed by atoms with Crippen LogP contribution in [0.15, 0.2) is 66.7 Å². The molecule has 4 atom stereocenters. The lowest BCUT2D eigenvalue weighted by Crippen LogP contribution is -2.56. The van der Waals surface area contributed by atoms with Crippen LogP contribution in [0.3, 0.4) is 0 Å². The van der Waals surface area contributed by atoms with E-state index in [2.05, 4.69) is 54.2 Å². The molecule has 3 aromatic carbocycles. The Morgan fingerprint density at radius 3 is 2.12 bits per heavy atom. The average Bonchev–Trinajstić information content (AvgIpc) is 3.28. The maximum atomic E-state index is 14.7. The second kappa shape index (κ2) is 22.4. The normalized spacial score (nSPS) is 16.7. The summed E-state index contributed by atoms with van der Waals surface area (Å²) < 4.78 is 12.2. The number of benzene rings is 3. The third kappa shape index (κ3) is 12.1. The molecule has 0 spiro atoms. The average molecular weight is 903 g/mol. The molecule has 4 bridgehead atoms. The fourth-order valence-corrected chi connectivity index (χ4v) is 7.82. The van der Waals surface area contributed by atoms with Gasteiger partial charge in [0.2, 0.25) is 23.6 Å². The topological polar surface area (TPSA) is 270 Å². The number of ether oxygens (including phenoxy) is 2. The highest BCUT2D eigenvalue weighted by molar-refractivity contribution is 6.01. The van der Waals surface area contributed by atoms with Gasteiger partial charge in [-0.25, -0.2) is 0 Å². The molecule has 0 saturated heterocycles. The van der Waals surface area contributed by atoms with Crippen molar-refractivity contribution in [2.45, 2.75) is 84.0 Å². The van der Waals surface area contributed by atoms with Crippen molar-refractivity contribution in [1.29, 1.82) is 5.26 Å². The lowest BCUT2D eigenvalue weighted by Gasteiger charge is -2.32. The first-order chi connectivity index (χ1) is 31.4. The predicted octanol–water partition coefficient (Wildman–Crippen LogP) is 2.84. The first-order valence-electron chi connectivity index (χ1n) is 22.0. The zero-order valence-corrected chi connectivity index (χ0v) is 38.7. The molecular formula is C49H62N10O7. The number of nitrogens with zero attached hydrogens (tertiary/aromatic N) is 3. The first-order valence-corrected chi connectivity index (χ1v) is 22.0. The summed E-state index contributed by atoms with van der Waals surface area (Å²) in [6.07, 6.45) is 0.0259. The van der Waals surface area contributed by atoms with Crippen molar-refractivity contribution in [3.8, 4) is 40.0 Å². The van der Waals surface area contributed by atoms with Gasteiger partial charge in [0.05, 0.1) is 23.0 Å². The number of carbonyl (C=O) groups excluding carboxylic acids is 5. The number of fused-ring (bicyclic) bond motifs is 5. The maximum absolute atomic E-state index is 14.7. The summed E-state index contributed by atoms with van der Waals surface area (Å²) in [6.45, 7) is 11.8. The summed E-state index contributed by atoms with van der Waals surface area (Å²) in [7, 11) is 1.43. The minimum atomic E-state index is -1.39. The van der Waals surface area contributed by atoms with Gasteiger partial charge in [-0.15, -0.1) is 0 Å². The standard InChI is InChI=1S/C49H62N10O7/c1-28-24-38(32-9-12-34(13-10-32)49(4,5)6)55-29(2)42(28)46(62)57-37(16-17-50)48(64)59(7)43-33-11-15-41(66-23-20-53)36(27-33)35-25-31(8-14-40(35)65-22-19-52)26-39(45(61)54-21-18-51)58-44(60)30(3)56-47(43)63/h8-15,24-25,27,30,37,39,43H,16-17,19-23,26,50,52-53H2,1-7H3,(H,54,61)(H,56,63)(H,57,62)(H,58,60). The van der Waals surface area contributed by atoms with Crippen LogP contribution < -0.4 is 47.9 Å². The molecule has 0 radical (unpaired) electrons. The van der Waals surface area contributed by atoms with Crippen LogP contribution in [0.5, 0.6) is 11.5 Å². The third-order valence-electron chi connectivity index (χ3n) is 11.3. The number of nitrogens with two attached hydrogens (primary N) is 3. The number of carbonyl (C=O) groups is 5. The Bertz CT molecular complexity index is 2440. The van der Waals surface area contributed by atoms with Gasteiger partial charge in [0.1, 0.15) is 55.4 Å². The van der Waals surface area contributed by atoms with Gasteiger partial charge in [-0.05, 0) is 91.7 Å². The molecule has 0 saturated carbocycles. The van der Waals surface area contributed by atoms with E-state index in [0.29, 0.717) is 56.3 Å². The number of aromatic nitrogens is 1. The smallest absolute Gasteiger partial charge is 0.254 e. The molecule has 17 heteroatoms. The number of nitriles is 1. The van der Waals surface area contributed by atoms with Gasteiger partial charge in [-0.3, -0.25) is 29.0 Å². The molecule has 66 heavy (non-hydrogen) atoms. The van der Waals surface area contributed by atoms with Gasteiger partial charge < -0.3 is 52.8 Å². The molecule has 5 rings (SSSR count). The Balaban J connectivity index is 1.57. The molecule has 17 nitrogen and oxygen atoms in total. The van der Waals surface area contributed by atoms with Gasteiger partial charge in [-0.2, -0.15) is 5.26 Å². The van der Waals surface area contributed by atoms with E-state index in [9.17, 15) is 29.2 Å². The molecule has 350 valence electrons. The van der Waals surface area contributed by atoms with E-state index >= 15 is 0 Å². The van der Waals surface area contributed by atoms with E-state index in [1.54, 1.807) is 50.2 Å². The lowest BCUT2D eigenvalue weighted by atomic mass is 9.86. The first kappa shape index (κ1) is 50.1. The van der Waals surface area contributed by atoms with Crippen LogP contribution in [0.4, 0.5) is 0 Å². The second-order valence-electron chi connectivity index (χ2n) is 17.3. The van der Waals surface area contributed by atoms with E-state index in [1.807, 2.05) is 24.3 Å². The number of likely N-dealkylation sites (N-methyl/N-ethyl adjacent to an activating group) is 1. The zero-order chi connectivity index (χ0) is 48.3. The zero-order valence-electron chi connectivity index (χ0n) is 38.7. The SMILES string of the molecule is Cc1cc(-c2ccc(C(C)(C)C)cc2)nc(C)c1C(=O)NC(CCN)C(=O)N(C)C1C(=O)NC(C)C(=O)NC(C(=O)NCC#N)Cc2ccc(OCCN)c(c2)-c2cc1ccc2OCCN. The van der Waals surface area contributed by atoms with Crippen LogP contribution in [-0.2, 0) is 31.0 Å². The Morgan fingerprint density at radius 1 is 0.894 bits per heavy atom. The Morgan fingerprint density at radius 2 is 1.53 bits per heavy atom. The fraction of sp³-hybridized carbons (Fsp3) is 0.408. The highest BCUT2D eigenvalue weighted by atomic mass is 16.5. The molecule has 5 amide bonds. The Hall–Kier alpha value is -6.87. The summed E-state index contributed by atoms with van der Waals surface area (Å²) in [5.74, 6) is -2.46. The summed E-state index contributed by atoms with van der Waals surface area (Å²) >= 11 is 0. The van der Waals surface area contributed by atoms with E-state index in [0.717, 1.165) is 5.56 Å². The van der Waals surface area contributed by atoms with Crippen molar-refractivity contribution in [2.75, 3.05) is 46.4 Å². The van der Waals surface area contributed by atoms with Gasteiger partial charge in [-0.1, -0.05) is 57.2 Å². The van der Waals surface area contributed by atoms with Crippen LogP contribution in [0, 0.1) is 25.2 Å². The number of hydrogen-bond donors (Lipinski definition) is 7. The van der Waals surface area contributed by atoms with Crippen LogP contribution in [0.25, 0.3) is 22.4 Å². The largest absolute Gasteiger partial charge is 0.492 e. The maximum Gasteiger partial charge on any atom is 0.254 e. The number of rotatable bonds is 15. The summed E-state index contributed by atoms with van der Waals surface area (Å²) in [4.78, 5) is 76.6. The van der Waals surface area contributed by atoms with Gasteiger partial charge in [0.15, 0.2) is 0 Å². The van der Waals surface area contributed by atoms with Crippen LogP contribution in [0.2, 0.25) is 0 Å². The van der Waals surface area contributed by atoms with E-state index in [4.69, 9.17) is 31.7 Å². The molecule has 2 heterocycles. The molecule has 1 aromatic heterocycles. The summed E-state index contributed by atoms with van der Waals surface area (Å²) in [6, 6.07) is 17.1. The molecular weight excluding hydrogens is 841 g/mol. The number of pyridine rings is 1. The van der Waals surface area contributed by atoms with E-state index in [-0.39, 0.29) is 57.6 Å². The van der Waals surface area contributed by atoms with Crippen LogP contribution in [0.1, 0.15) is 78.5 Å². The highest BCUT2D eigenvalue weighted by Gasteiger charge is 2.36. The molecule has 1 aliphatic heterocycles. The fourth-order valence-electron chi connectivity index (χ4n) is 7.82. The molecule has 4 unspecified atom stereocenters.